The van der Waals surface area contributed by atoms with Crippen molar-refractivity contribution in [2.45, 2.75) is 6.61 Å². The van der Waals surface area contributed by atoms with Crippen molar-refractivity contribution >= 4 is 11.6 Å². The highest BCUT2D eigenvalue weighted by Gasteiger charge is 2.19. The number of halogens is 1. The maximum atomic E-state index is 9.57. The molecule has 1 N–H and O–H groups in total. The highest BCUT2D eigenvalue weighted by molar-refractivity contribution is 6.33. The van der Waals surface area contributed by atoms with Gasteiger partial charge < -0.3 is 9.84 Å². The van der Waals surface area contributed by atoms with Gasteiger partial charge in [-0.2, -0.15) is 0 Å². The Kier molecular flexibility index (Phi) is 4.09. The standard InChI is InChI=1S/C16H14ClN3O2/c1-22-15-9-5-4-8-14(15)20-16(13(10-21)18-19-20)11-6-2-3-7-12(11)17/h2-9,21H,10H2,1H3. The number of aromatic nitrogens is 3. The molecule has 0 spiro atoms. The molecule has 2 aromatic carbocycles. The number of benzene rings is 2. The van der Waals surface area contributed by atoms with Crippen LogP contribution in [0.5, 0.6) is 5.75 Å². The SMILES string of the molecule is COc1ccccc1-n1nnc(CO)c1-c1ccccc1Cl. The molecule has 0 aliphatic heterocycles. The highest BCUT2D eigenvalue weighted by atomic mass is 35.5. The monoisotopic (exact) mass is 315 g/mol. The van der Waals surface area contributed by atoms with Gasteiger partial charge in [-0.25, -0.2) is 4.68 Å². The largest absolute Gasteiger partial charge is 0.494 e. The molecule has 0 atom stereocenters. The fourth-order valence-electron chi connectivity index (χ4n) is 2.32. The van der Waals surface area contributed by atoms with E-state index in [2.05, 4.69) is 10.3 Å². The van der Waals surface area contributed by atoms with Crippen LogP contribution in [0.1, 0.15) is 5.69 Å². The third kappa shape index (κ3) is 2.45. The summed E-state index contributed by atoms with van der Waals surface area (Å²) in [4.78, 5) is 0. The normalized spacial score (nSPS) is 10.7. The number of methoxy groups -OCH3 is 1. The Morgan fingerprint density at radius 3 is 2.59 bits per heavy atom. The highest BCUT2D eigenvalue weighted by Crippen LogP contribution is 2.33. The third-order valence-electron chi connectivity index (χ3n) is 3.33. The lowest BCUT2D eigenvalue weighted by Crippen LogP contribution is -2.03. The Hall–Kier alpha value is -2.37. The van der Waals surface area contributed by atoms with E-state index in [0.29, 0.717) is 22.2 Å². The van der Waals surface area contributed by atoms with Crippen molar-refractivity contribution in [1.82, 2.24) is 15.0 Å². The molecule has 22 heavy (non-hydrogen) atoms. The van der Waals surface area contributed by atoms with E-state index in [4.69, 9.17) is 16.3 Å². The number of para-hydroxylation sites is 2. The molecule has 3 aromatic rings. The lowest BCUT2D eigenvalue weighted by atomic mass is 10.1. The van der Waals surface area contributed by atoms with Crippen LogP contribution in [0.15, 0.2) is 48.5 Å². The second-order valence-electron chi connectivity index (χ2n) is 4.61. The van der Waals surface area contributed by atoms with Gasteiger partial charge in [0.2, 0.25) is 0 Å². The number of hydrogen-bond donors (Lipinski definition) is 1. The first kappa shape index (κ1) is 14.6. The van der Waals surface area contributed by atoms with Gasteiger partial charge in [0.1, 0.15) is 22.8 Å². The molecule has 0 aliphatic rings. The van der Waals surface area contributed by atoms with Gasteiger partial charge in [-0.3, -0.25) is 0 Å². The fourth-order valence-corrected chi connectivity index (χ4v) is 2.54. The molecule has 0 saturated carbocycles. The zero-order valence-corrected chi connectivity index (χ0v) is 12.7. The van der Waals surface area contributed by atoms with Gasteiger partial charge in [0.15, 0.2) is 0 Å². The van der Waals surface area contributed by atoms with E-state index in [9.17, 15) is 5.11 Å². The molecular formula is C16H14ClN3O2. The Balaban J connectivity index is 2.27. The predicted molar refractivity (Wildman–Crippen MR) is 84.3 cm³/mol. The van der Waals surface area contributed by atoms with Crippen LogP contribution in [-0.4, -0.2) is 27.2 Å². The van der Waals surface area contributed by atoms with Crippen LogP contribution in [0, 0.1) is 0 Å². The van der Waals surface area contributed by atoms with Crippen molar-refractivity contribution in [2.75, 3.05) is 7.11 Å². The van der Waals surface area contributed by atoms with Crippen LogP contribution in [0.4, 0.5) is 0 Å². The molecule has 1 heterocycles. The molecule has 0 fully saturated rings. The van der Waals surface area contributed by atoms with Crippen LogP contribution in [0.3, 0.4) is 0 Å². The second kappa shape index (κ2) is 6.17. The topological polar surface area (TPSA) is 60.2 Å². The van der Waals surface area contributed by atoms with Crippen molar-refractivity contribution < 1.29 is 9.84 Å². The number of ether oxygens (including phenoxy) is 1. The molecule has 5 nitrogen and oxygen atoms in total. The van der Waals surface area contributed by atoms with E-state index in [-0.39, 0.29) is 6.61 Å². The smallest absolute Gasteiger partial charge is 0.144 e. The molecule has 1 aromatic heterocycles. The second-order valence-corrected chi connectivity index (χ2v) is 5.01. The number of nitrogens with zero attached hydrogens (tertiary/aromatic N) is 3. The third-order valence-corrected chi connectivity index (χ3v) is 3.66. The summed E-state index contributed by atoms with van der Waals surface area (Å²) < 4.78 is 7.01. The first-order valence-corrected chi connectivity index (χ1v) is 7.07. The molecule has 0 aliphatic carbocycles. The molecule has 112 valence electrons. The fraction of sp³-hybridized carbons (Fsp3) is 0.125. The van der Waals surface area contributed by atoms with Crippen molar-refractivity contribution in [1.29, 1.82) is 0 Å². The van der Waals surface area contributed by atoms with Crippen molar-refractivity contribution in [2.24, 2.45) is 0 Å². The summed E-state index contributed by atoms with van der Waals surface area (Å²) in [5.41, 5.74) is 2.59. The summed E-state index contributed by atoms with van der Waals surface area (Å²) in [6.07, 6.45) is 0. The van der Waals surface area contributed by atoms with Gasteiger partial charge in [0.25, 0.3) is 0 Å². The first-order valence-electron chi connectivity index (χ1n) is 6.70. The van der Waals surface area contributed by atoms with Crippen LogP contribution in [0.2, 0.25) is 5.02 Å². The lowest BCUT2D eigenvalue weighted by Gasteiger charge is -2.12. The van der Waals surface area contributed by atoms with Crippen molar-refractivity contribution in [3.63, 3.8) is 0 Å². The minimum atomic E-state index is -0.226. The van der Waals surface area contributed by atoms with Crippen molar-refractivity contribution in [3.05, 3.63) is 59.2 Å². The molecule has 0 saturated heterocycles. The van der Waals surface area contributed by atoms with Crippen molar-refractivity contribution in [3.8, 4) is 22.7 Å². The van der Waals surface area contributed by atoms with E-state index in [0.717, 1.165) is 11.3 Å². The Bertz CT molecular complexity index is 802. The average molecular weight is 316 g/mol. The van der Waals surface area contributed by atoms with E-state index < -0.39 is 0 Å². The van der Waals surface area contributed by atoms with Gasteiger partial charge in [-0.15, -0.1) is 5.10 Å². The van der Waals surface area contributed by atoms with Gasteiger partial charge in [0.05, 0.1) is 18.7 Å². The Morgan fingerprint density at radius 2 is 1.86 bits per heavy atom. The summed E-state index contributed by atoms with van der Waals surface area (Å²) >= 11 is 6.30. The maximum Gasteiger partial charge on any atom is 0.144 e. The van der Waals surface area contributed by atoms with Crippen LogP contribution < -0.4 is 4.74 Å². The van der Waals surface area contributed by atoms with Crippen LogP contribution in [-0.2, 0) is 6.61 Å². The summed E-state index contributed by atoms with van der Waals surface area (Å²) in [6.45, 7) is -0.226. The van der Waals surface area contributed by atoms with Gasteiger partial charge in [-0.05, 0) is 18.2 Å². The molecule has 3 rings (SSSR count). The van der Waals surface area contributed by atoms with E-state index in [1.165, 1.54) is 0 Å². The Morgan fingerprint density at radius 1 is 1.14 bits per heavy atom. The zero-order valence-electron chi connectivity index (χ0n) is 11.9. The molecule has 0 unspecified atom stereocenters. The maximum absolute atomic E-state index is 9.57. The molecule has 0 bridgehead atoms. The lowest BCUT2D eigenvalue weighted by molar-refractivity contribution is 0.277. The summed E-state index contributed by atoms with van der Waals surface area (Å²) in [7, 11) is 1.60. The van der Waals surface area contributed by atoms with E-state index >= 15 is 0 Å². The van der Waals surface area contributed by atoms with E-state index in [1.807, 2.05) is 42.5 Å². The minimum absolute atomic E-state index is 0.226. The summed E-state index contributed by atoms with van der Waals surface area (Å²) in [5, 5.41) is 18.3. The number of aliphatic hydroxyl groups is 1. The first-order chi connectivity index (χ1) is 10.8. The van der Waals surface area contributed by atoms with Gasteiger partial charge in [0, 0.05) is 5.56 Å². The quantitative estimate of drug-likeness (QED) is 0.803. The van der Waals surface area contributed by atoms with Crippen LogP contribution in [0.25, 0.3) is 16.9 Å². The molecular weight excluding hydrogens is 302 g/mol. The van der Waals surface area contributed by atoms with Crippen LogP contribution >= 0.6 is 11.6 Å². The summed E-state index contributed by atoms with van der Waals surface area (Å²) in [5.74, 6) is 0.658. The van der Waals surface area contributed by atoms with Gasteiger partial charge >= 0.3 is 0 Å². The van der Waals surface area contributed by atoms with Gasteiger partial charge in [-0.1, -0.05) is 47.1 Å². The number of rotatable bonds is 4. The number of aliphatic hydroxyl groups excluding tert-OH is 1. The molecule has 0 amide bonds. The Labute approximate surface area is 132 Å². The zero-order chi connectivity index (χ0) is 15.5. The minimum Gasteiger partial charge on any atom is -0.494 e. The van der Waals surface area contributed by atoms with E-state index in [1.54, 1.807) is 17.9 Å². The number of hydrogen-bond acceptors (Lipinski definition) is 4. The molecule has 6 heteroatoms. The average Bonchev–Trinajstić information content (AvgIpc) is 2.98. The molecule has 0 radical (unpaired) electrons. The summed E-state index contributed by atoms with van der Waals surface area (Å²) in [6, 6.07) is 14.9. The predicted octanol–water partition coefficient (Wildman–Crippen LogP) is 3.09.